The normalized spacial score (nSPS) is 23.9. The molecular weight excluding hydrogens is 473 g/mol. The van der Waals surface area contributed by atoms with Gasteiger partial charge in [-0.15, -0.1) is 11.3 Å². The van der Waals surface area contributed by atoms with Crippen LogP contribution in [-0.2, 0) is 22.7 Å². The summed E-state index contributed by atoms with van der Waals surface area (Å²) in [6.07, 6.45) is 3.35. The Hall–Kier alpha value is -2.38. The number of aromatic nitrogens is 2. The zero-order valence-corrected chi connectivity index (χ0v) is 19.2. The second-order valence-corrected chi connectivity index (χ2v) is 10.2. The predicted molar refractivity (Wildman–Crippen MR) is 119 cm³/mol. The molecule has 1 aromatic carbocycles. The molecule has 0 saturated carbocycles. The molecule has 2 unspecified atom stereocenters. The average Bonchev–Trinajstić information content (AvgIpc) is 3.35. The monoisotopic (exact) mass is 492 g/mol. The molecule has 33 heavy (non-hydrogen) atoms. The molecule has 0 bridgehead atoms. The Morgan fingerprint density at radius 1 is 1.42 bits per heavy atom. The first kappa shape index (κ1) is 22.4. The number of hydrogen-bond acceptors (Lipinski definition) is 5. The van der Waals surface area contributed by atoms with Crippen molar-refractivity contribution in [1.82, 2.24) is 15.1 Å². The van der Waals surface area contributed by atoms with Crippen LogP contribution in [0.25, 0.3) is 5.69 Å². The van der Waals surface area contributed by atoms with Crippen LogP contribution in [0.4, 0.5) is 13.2 Å². The minimum Gasteiger partial charge on any atom is -0.363 e. The number of halogens is 4. The molecule has 1 spiro atoms. The molecule has 0 radical (unpaired) electrons. The van der Waals surface area contributed by atoms with Gasteiger partial charge in [-0.05, 0) is 56.5 Å². The fourth-order valence-corrected chi connectivity index (χ4v) is 6.25. The summed E-state index contributed by atoms with van der Waals surface area (Å²) in [4.78, 5) is 0.507. The van der Waals surface area contributed by atoms with Gasteiger partial charge in [-0.3, -0.25) is 0 Å². The largest absolute Gasteiger partial charge is 0.363 e. The molecule has 10 heteroatoms. The van der Waals surface area contributed by atoms with Crippen molar-refractivity contribution in [1.29, 1.82) is 5.26 Å². The molecule has 1 N–H and O–H groups in total. The summed E-state index contributed by atoms with van der Waals surface area (Å²) in [5.74, 6) is -3.59. The Labute approximate surface area is 197 Å². The van der Waals surface area contributed by atoms with Gasteiger partial charge >= 0.3 is 0 Å². The number of piperidine rings is 1. The molecule has 2 aromatic heterocycles. The van der Waals surface area contributed by atoms with Crippen molar-refractivity contribution >= 4 is 22.9 Å². The smallest absolute Gasteiger partial charge is 0.297 e. The van der Waals surface area contributed by atoms with E-state index in [0.717, 1.165) is 16.9 Å². The number of nitrogens with zero attached hydrogens (tertiary/aromatic N) is 3. The van der Waals surface area contributed by atoms with E-state index in [0.29, 0.717) is 40.7 Å². The van der Waals surface area contributed by atoms with Crippen LogP contribution in [-0.4, -0.2) is 29.0 Å². The molecule has 0 aliphatic carbocycles. The maximum atomic E-state index is 14.5. The molecule has 4 heterocycles. The van der Waals surface area contributed by atoms with Crippen LogP contribution >= 0.6 is 22.9 Å². The number of thiophene rings is 1. The summed E-state index contributed by atoms with van der Waals surface area (Å²) in [6, 6.07) is 7.62. The highest BCUT2D eigenvalue weighted by molar-refractivity contribution is 7.16. The number of para-hydroxylation sites is 1. The number of hydrogen-bond donors (Lipinski definition) is 1. The fraction of sp³-hybridized carbons (Fsp3) is 0.391. The Morgan fingerprint density at radius 3 is 3.03 bits per heavy atom. The first-order valence-electron chi connectivity index (χ1n) is 10.5. The molecule has 5 rings (SSSR count). The quantitative estimate of drug-likeness (QED) is 0.544. The van der Waals surface area contributed by atoms with E-state index in [1.54, 1.807) is 12.3 Å². The van der Waals surface area contributed by atoms with E-state index in [-0.39, 0.29) is 22.9 Å². The Balaban J connectivity index is 1.43. The van der Waals surface area contributed by atoms with Gasteiger partial charge in [-0.2, -0.15) is 19.1 Å². The van der Waals surface area contributed by atoms with E-state index in [2.05, 4.69) is 10.4 Å². The highest BCUT2D eigenvalue weighted by Crippen LogP contribution is 2.52. The van der Waals surface area contributed by atoms with Crippen molar-refractivity contribution in [3.8, 4) is 11.8 Å². The van der Waals surface area contributed by atoms with Gasteiger partial charge in [0.15, 0.2) is 0 Å². The Kier molecular flexibility index (Phi) is 5.52. The highest BCUT2D eigenvalue weighted by Gasteiger charge is 2.52. The number of benzene rings is 1. The molecule has 2 aliphatic heterocycles. The van der Waals surface area contributed by atoms with Gasteiger partial charge in [0.05, 0.1) is 15.6 Å². The minimum atomic E-state index is -3.06. The number of nitriles is 1. The van der Waals surface area contributed by atoms with Gasteiger partial charge in [-0.1, -0.05) is 17.7 Å². The maximum Gasteiger partial charge on any atom is 0.297 e. The van der Waals surface area contributed by atoms with Crippen LogP contribution < -0.4 is 5.32 Å². The maximum absolute atomic E-state index is 14.5. The van der Waals surface area contributed by atoms with Gasteiger partial charge in [-0.25, -0.2) is 9.07 Å². The lowest BCUT2D eigenvalue weighted by Crippen LogP contribution is -2.52. The molecule has 2 aliphatic rings. The van der Waals surface area contributed by atoms with E-state index in [1.807, 2.05) is 13.0 Å². The number of nitrogens with one attached hydrogen (secondary N) is 1. The van der Waals surface area contributed by atoms with E-state index in [4.69, 9.17) is 16.3 Å². The molecule has 1 saturated heterocycles. The molecule has 5 nitrogen and oxygen atoms in total. The number of aryl methyl sites for hydroxylation is 1. The second kappa shape index (κ2) is 8.13. The molecular formula is C23H20ClF3N4OS. The van der Waals surface area contributed by atoms with Crippen molar-refractivity contribution in [2.45, 2.75) is 43.8 Å². The van der Waals surface area contributed by atoms with Crippen LogP contribution in [0.1, 0.15) is 40.1 Å². The summed E-state index contributed by atoms with van der Waals surface area (Å²) in [5.41, 5.74) is 1.04. The first-order valence-corrected chi connectivity index (χ1v) is 11.7. The van der Waals surface area contributed by atoms with Gasteiger partial charge in [0.2, 0.25) is 0 Å². The number of rotatable bonds is 3. The molecule has 172 valence electrons. The Bertz CT molecular complexity index is 1270. The van der Waals surface area contributed by atoms with Crippen molar-refractivity contribution < 1.29 is 17.9 Å². The zero-order chi connectivity index (χ0) is 23.4. The SMILES string of the molecule is Cc1nn(-c2c(F)cccc2C#N)cc1CC1CC2(CCN1)OCC(F)(F)c1cc(Cl)sc12. The second-order valence-electron chi connectivity index (χ2n) is 8.52. The van der Waals surface area contributed by atoms with Gasteiger partial charge in [0.1, 0.15) is 29.8 Å². The standard InChI is InChI=1S/C23H20ClF3N4OS/c1-13-15(11-31(30-13)20-14(10-28)3-2-4-18(20)25)7-16-9-22(5-6-29-16)21-17(8-19(24)33-21)23(26,27)12-32-22/h2-4,8,11,16,29H,5-7,9,12H2,1H3. The summed E-state index contributed by atoms with van der Waals surface area (Å²) in [6.45, 7) is 1.76. The summed E-state index contributed by atoms with van der Waals surface area (Å²) < 4.78 is 50.9. The summed E-state index contributed by atoms with van der Waals surface area (Å²) in [7, 11) is 0. The third-order valence-corrected chi connectivity index (χ3v) is 7.83. The molecule has 2 atom stereocenters. The zero-order valence-electron chi connectivity index (χ0n) is 17.7. The molecule has 3 aromatic rings. The predicted octanol–water partition coefficient (Wildman–Crippen LogP) is 5.22. The van der Waals surface area contributed by atoms with Gasteiger partial charge in [0, 0.05) is 22.7 Å². The van der Waals surface area contributed by atoms with Crippen molar-refractivity contribution in [3.05, 3.63) is 67.9 Å². The van der Waals surface area contributed by atoms with E-state index in [1.165, 1.54) is 22.9 Å². The van der Waals surface area contributed by atoms with Crippen molar-refractivity contribution in [2.24, 2.45) is 0 Å². The van der Waals surface area contributed by atoms with Crippen molar-refractivity contribution in [3.63, 3.8) is 0 Å². The lowest BCUT2D eigenvalue weighted by Gasteiger charge is -2.45. The van der Waals surface area contributed by atoms with Gasteiger partial charge < -0.3 is 10.1 Å². The number of ether oxygens (including phenoxy) is 1. The fourth-order valence-electron chi connectivity index (χ4n) is 4.79. The third-order valence-electron chi connectivity index (χ3n) is 6.38. The van der Waals surface area contributed by atoms with Crippen LogP contribution in [0.15, 0.2) is 30.5 Å². The van der Waals surface area contributed by atoms with Crippen LogP contribution in [0, 0.1) is 24.1 Å². The topological polar surface area (TPSA) is 62.9 Å². The summed E-state index contributed by atoms with van der Waals surface area (Å²) >= 11 is 7.28. The molecule has 1 fully saturated rings. The van der Waals surface area contributed by atoms with Crippen molar-refractivity contribution in [2.75, 3.05) is 13.2 Å². The number of fused-ring (bicyclic) bond motifs is 2. The van der Waals surface area contributed by atoms with Crippen LogP contribution in [0.3, 0.4) is 0 Å². The van der Waals surface area contributed by atoms with Crippen LogP contribution in [0.2, 0.25) is 4.34 Å². The minimum absolute atomic E-state index is 0.0306. The third kappa shape index (κ3) is 3.85. The average molecular weight is 493 g/mol. The lowest BCUT2D eigenvalue weighted by molar-refractivity contribution is -0.178. The highest BCUT2D eigenvalue weighted by atomic mass is 35.5. The van der Waals surface area contributed by atoms with Crippen LogP contribution in [0.5, 0.6) is 0 Å². The molecule has 0 amide bonds. The Morgan fingerprint density at radius 2 is 2.24 bits per heavy atom. The van der Waals surface area contributed by atoms with E-state index in [9.17, 15) is 18.4 Å². The first-order chi connectivity index (χ1) is 15.7. The number of alkyl halides is 2. The van der Waals surface area contributed by atoms with E-state index >= 15 is 0 Å². The van der Waals surface area contributed by atoms with E-state index < -0.39 is 23.9 Å². The lowest BCUT2D eigenvalue weighted by atomic mass is 9.80. The van der Waals surface area contributed by atoms with Gasteiger partial charge in [0.25, 0.3) is 5.92 Å². The summed E-state index contributed by atoms with van der Waals surface area (Å²) in [5, 5.41) is 17.2.